The average Bonchev–Trinajstić information content (AvgIpc) is 2.68. The first kappa shape index (κ1) is 10.6. The lowest BCUT2D eigenvalue weighted by molar-refractivity contribution is 0.0328. The number of imidazole rings is 1. The van der Waals surface area contributed by atoms with E-state index in [4.69, 9.17) is 10.6 Å². The van der Waals surface area contributed by atoms with Gasteiger partial charge in [-0.3, -0.25) is 4.90 Å². The van der Waals surface area contributed by atoms with Crippen LogP contribution in [0.1, 0.15) is 5.82 Å². The molecular weight excluding hydrogens is 216 g/mol. The zero-order valence-electron chi connectivity index (χ0n) is 9.67. The first-order chi connectivity index (χ1) is 8.34. The average molecular weight is 232 g/mol. The van der Waals surface area contributed by atoms with Gasteiger partial charge >= 0.3 is 0 Å². The smallest absolute Gasteiger partial charge is 0.142 e. The maximum absolute atomic E-state index is 6.05. The fraction of sp³-hybridized carbons (Fsp3) is 0.417. The Morgan fingerprint density at radius 2 is 2.00 bits per heavy atom. The van der Waals surface area contributed by atoms with Crippen molar-refractivity contribution in [3.63, 3.8) is 0 Å². The van der Waals surface area contributed by atoms with Gasteiger partial charge in [0.15, 0.2) is 0 Å². The van der Waals surface area contributed by atoms with E-state index in [-0.39, 0.29) is 0 Å². The Morgan fingerprint density at radius 3 is 2.76 bits per heavy atom. The fourth-order valence-electron chi connectivity index (χ4n) is 2.17. The van der Waals surface area contributed by atoms with Crippen LogP contribution >= 0.6 is 0 Å². The van der Waals surface area contributed by atoms with Gasteiger partial charge in [-0.1, -0.05) is 12.1 Å². The van der Waals surface area contributed by atoms with Crippen molar-refractivity contribution in [3.05, 3.63) is 30.1 Å². The monoisotopic (exact) mass is 232 g/mol. The van der Waals surface area contributed by atoms with E-state index in [0.717, 1.165) is 49.7 Å². The van der Waals surface area contributed by atoms with Crippen LogP contribution in [0.15, 0.2) is 24.3 Å². The minimum absolute atomic E-state index is 0.786. The molecule has 0 saturated carbocycles. The second-order valence-corrected chi connectivity index (χ2v) is 4.28. The molecule has 2 heterocycles. The van der Waals surface area contributed by atoms with Gasteiger partial charge in [-0.25, -0.2) is 9.66 Å². The number of ether oxygens (including phenoxy) is 1. The summed E-state index contributed by atoms with van der Waals surface area (Å²) in [6.45, 7) is 4.27. The summed E-state index contributed by atoms with van der Waals surface area (Å²) in [6.07, 6.45) is 0. The molecule has 90 valence electrons. The van der Waals surface area contributed by atoms with Crippen LogP contribution in [-0.4, -0.2) is 40.9 Å². The maximum atomic E-state index is 6.05. The van der Waals surface area contributed by atoms with E-state index in [1.165, 1.54) is 0 Å². The van der Waals surface area contributed by atoms with Gasteiger partial charge in [-0.2, -0.15) is 0 Å². The van der Waals surface area contributed by atoms with Crippen molar-refractivity contribution < 1.29 is 4.74 Å². The number of nitrogens with zero attached hydrogens (tertiary/aromatic N) is 3. The Kier molecular flexibility index (Phi) is 2.70. The molecule has 1 aromatic carbocycles. The molecule has 17 heavy (non-hydrogen) atoms. The molecule has 1 aliphatic heterocycles. The highest BCUT2D eigenvalue weighted by Crippen LogP contribution is 2.14. The lowest BCUT2D eigenvalue weighted by atomic mass is 10.3. The number of nitrogen functional groups attached to an aromatic ring is 1. The van der Waals surface area contributed by atoms with Gasteiger partial charge in [-0.05, 0) is 12.1 Å². The largest absolute Gasteiger partial charge is 0.379 e. The molecule has 0 aliphatic carbocycles. The van der Waals surface area contributed by atoms with E-state index >= 15 is 0 Å². The lowest BCUT2D eigenvalue weighted by Crippen LogP contribution is -2.36. The van der Waals surface area contributed by atoms with E-state index in [9.17, 15) is 0 Å². The van der Waals surface area contributed by atoms with Crippen LogP contribution in [0.2, 0.25) is 0 Å². The summed E-state index contributed by atoms with van der Waals surface area (Å²) >= 11 is 0. The zero-order chi connectivity index (χ0) is 11.7. The molecule has 1 fully saturated rings. The van der Waals surface area contributed by atoms with Crippen molar-refractivity contribution in [3.8, 4) is 0 Å². The van der Waals surface area contributed by atoms with Crippen LogP contribution in [-0.2, 0) is 11.3 Å². The van der Waals surface area contributed by atoms with E-state index in [0.29, 0.717) is 0 Å². The van der Waals surface area contributed by atoms with Crippen molar-refractivity contribution in [1.82, 2.24) is 14.6 Å². The normalized spacial score (nSPS) is 17.6. The topological polar surface area (TPSA) is 56.3 Å². The van der Waals surface area contributed by atoms with Gasteiger partial charge < -0.3 is 10.6 Å². The number of rotatable bonds is 2. The minimum atomic E-state index is 0.786. The molecule has 0 spiro atoms. The predicted molar refractivity (Wildman–Crippen MR) is 66.0 cm³/mol. The van der Waals surface area contributed by atoms with Crippen molar-refractivity contribution in [2.24, 2.45) is 0 Å². The summed E-state index contributed by atoms with van der Waals surface area (Å²) in [7, 11) is 0. The van der Waals surface area contributed by atoms with Crippen LogP contribution in [0.4, 0.5) is 0 Å². The van der Waals surface area contributed by atoms with E-state index in [1.807, 2.05) is 24.3 Å². The van der Waals surface area contributed by atoms with Crippen molar-refractivity contribution in [2.75, 3.05) is 32.1 Å². The number of fused-ring (bicyclic) bond motifs is 1. The van der Waals surface area contributed by atoms with Gasteiger partial charge in [0, 0.05) is 13.1 Å². The van der Waals surface area contributed by atoms with Crippen LogP contribution in [0, 0.1) is 0 Å². The van der Waals surface area contributed by atoms with Crippen molar-refractivity contribution >= 4 is 11.0 Å². The summed E-state index contributed by atoms with van der Waals surface area (Å²) in [5.41, 5.74) is 1.94. The Bertz CT molecular complexity index is 516. The molecule has 2 N–H and O–H groups in total. The number of morpholine rings is 1. The molecule has 1 aliphatic rings. The summed E-state index contributed by atoms with van der Waals surface area (Å²) in [4.78, 5) is 6.88. The quantitative estimate of drug-likeness (QED) is 0.770. The number of benzene rings is 1. The summed E-state index contributed by atoms with van der Waals surface area (Å²) in [6, 6.07) is 7.94. The summed E-state index contributed by atoms with van der Waals surface area (Å²) in [5.74, 6) is 6.96. The number of hydrogen-bond acceptors (Lipinski definition) is 4. The van der Waals surface area contributed by atoms with Crippen LogP contribution in [0.25, 0.3) is 11.0 Å². The first-order valence-corrected chi connectivity index (χ1v) is 5.86. The van der Waals surface area contributed by atoms with Crippen LogP contribution in [0.5, 0.6) is 0 Å². The third kappa shape index (κ3) is 1.99. The third-order valence-electron chi connectivity index (χ3n) is 3.14. The summed E-state index contributed by atoms with van der Waals surface area (Å²) in [5, 5.41) is 0. The number of para-hydroxylation sites is 2. The zero-order valence-corrected chi connectivity index (χ0v) is 9.67. The van der Waals surface area contributed by atoms with Crippen molar-refractivity contribution in [1.29, 1.82) is 0 Å². The number of nitrogens with two attached hydrogens (primary N) is 1. The standard InChI is InChI=1S/C12H16N4O/c13-16-11-4-2-1-3-10(11)14-12(16)9-15-5-7-17-8-6-15/h1-4H,5-9,13H2. The Hall–Kier alpha value is -1.59. The number of hydrogen-bond donors (Lipinski definition) is 1. The molecule has 0 bridgehead atoms. The minimum Gasteiger partial charge on any atom is -0.379 e. The number of aromatic nitrogens is 2. The van der Waals surface area contributed by atoms with Gasteiger partial charge in [0.05, 0.1) is 30.8 Å². The molecule has 3 rings (SSSR count). The van der Waals surface area contributed by atoms with Gasteiger partial charge in [0.2, 0.25) is 0 Å². The first-order valence-electron chi connectivity index (χ1n) is 5.86. The van der Waals surface area contributed by atoms with Crippen LogP contribution < -0.4 is 5.84 Å². The molecule has 1 aromatic heterocycles. The molecule has 0 radical (unpaired) electrons. The molecule has 5 nitrogen and oxygen atoms in total. The molecule has 0 atom stereocenters. The van der Waals surface area contributed by atoms with Gasteiger partial charge in [0.1, 0.15) is 5.82 Å². The Labute approximate surface area is 99.8 Å². The van der Waals surface area contributed by atoms with E-state index in [2.05, 4.69) is 9.88 Å². The van der Waals surface area contributed by atoms with Crippen molar-refractivity contribution in [2.45, 2.75) is 6.54 Å². The molecule has 0 unspecified atom stereocenters. The van der Waals surface area contributed by atoms with E-state index < -0.39 is 0 Å². The highest BCUT2D eigenvalue weighted by atomic mass is 16.5. The maximum Gasteiger partial charge on any atom is 0.142 e. The predicted octanol–water partition coefficient (Wildman–Crippen LogP) is 0.582. The Morgan fingerprint density at radius 1 is 1.24 bits per heavy atom. The molecule has 0 amide bonds. The molecule has 2 aromatic rings. The van der Waals surface area contributed by atoms with Gasteiger partial charge in [-0.15, -0.1) is 0 Å². The van der Waals surface area contributed by atoms with E-state index in [1.54, 1.807) is 4.68 Å². The highest BCUT2D eigenvalue weighted by molar-refractivity contribution is 5.75. The highest BCUT2D eigenvalue weighted by Gasteiger charge is 2.15. The van der Waals surface area contributed by atoms with Crippen LogP contribution in [0.3, 0.4) is 0 Å². The SMILES string of the molecule is Nn1c(CN2CCOCC2)nc2ccccc21. The molecular formula is C12H16N4O. The molecule has 5 heteroatoms. The summed E-state index contributed by atoms with van der Waals surface area (Å²) < 4.78 is 7.01. The second kappa shape index (κ2) is 4.35. The second-order valence-electron chi connectivity index (χ2n) is 4.28. The Balaban J connectivity index is 1.87. The molecule has 1 saturated heterocycles. The fourth-order valence-corrected chi connectivity index (χ4v) is 2.17. The lowest BCUT2D eigenvalue weighted by Gasteiger charge is -2.25. The van der Waals surface area contributed by atoms with Gasteiger partial charge in [0.25, 0.3) is 0 Å². The third-order valence-corrected chi connectivity index (χ3v) is 3.14.